The number of para-hydroxylation sites is 1. The van der Waals surface area contributed by atoms with E-state index in [0.717, 1.165) is 24.6 Å². The van der Waals surface area contributed by atoms with Crippen LogP contribution in [0.1, 0.15) is 36.3 Å². The van der Waals surface area contributed by atoms with E-state index >= 15 is 0 Å². The van der Waals surface area contributed by atoms with Crippen molar-refractivity contribution < 1.29 is 4.79 Å². The van der Waals surface area contributed by atoms with E-state index in [1.807, 2.05) is 18.2 Å². The van der Waals surface area contributed by atoms with E-state index < -0.39 is 0 Å². The van der Waals surface area contributed by atoms with Crippen molar-refractivity contribution in [3.8, 4) is 0 Å². The Labute approximate surface area is 189 Å². The number of aliphatic imine (C=N–C) groups is 1. The molecular formula is C23H29IN4O. The Kier molecular flexibility index (Phi) is 7.16. The highest BCUT2D eigenvalue weighted by Crippen LogP contribution is 2.47. The Hall–Kier alpha value is -2.09. The molecule has 4 rings (SSSR count). The van der Waals surface area contributed by atoms with Crippen molar-refractivity contribution in [2.24, 2.45) is 10.4 Å². The minimum absolute atomic E-state index is 0. The normalized spacial score (nSPS) is 19.4. The van der Waals surface area contributed by atoms with Crippen molar-refractivity contribution in [3.63, 3.8) is 0 Å². The highest BCUT2D eigenvalue weighted by molar-refractivity contribution is 14.0. The zero-order valence-corrected chi connectivity index (χ0v) is 19.1. The van der Waals surface area contributed by atoms with Crippen molar-refractivity contribution >= 4 is 41.5 Å². The topological polar surface area (TPSA) is 65.5 Å². The molecule has 0 spiro atoms. The molecule has 2 aromatic rings. The molecule has 2 aliphatic rings. The van der Waals surface area contributed by atoms with Crippen LogP contribution in [0.4, 0.5) is 5.69 Å². The molecule has 3 N–H and O–H groups in total. The van der Waals surface area contributed by atoms with Gasteiger partial charge in [-0.3, -0.25) is 9.79 Å². The SMILES string of the molecule is CN=C(NCC1CC(=O)Nc2ccccc21)NCC1(Cc2ccccc2)CC1.I. The molecule has 5 nitrogen and oxygen atoms in total. The number of carbonyl (C=O) groups excluding carboxylic acids is 1. The summed E-state index contributed by atoms with van der Waals surface area (Å²) in [5.74, 6) is 1.04. The van der Waals surface area contributed by atoms with E-state index in [2.05, 4.69) is 57.3 Å². The summed E-state index contributed by atoms with van der Waals surface area (Å²) in [5, 5.41) is 9.88. The van der Waals surface area contributed by atoms with Crippen LogP contribution in [0.3, 0.4) is 0 Å². The number of halogens is 1. The predicted molar refractivity (Wildman–Crippen MR) is 129 cm³/mol. The summed E-state index contributed by atoms with van der Waals surface area (Å²) < 4.78 is 0. The smallest absolute Gasteiger partial charge is 0.225 e. The number of guanidine groups is 1. The number of carbonyl (C=O) groups is 1. The van der Waals surface area contributed by atoms with E-state index in [1.54, 1.807) is 7.05 Å². The average Bonchev–Trinajstić information content (AvgIpc) is 3.48. The first-order chi connectivity index (χ1) is 13.7. The Morgan fingerprint density at radius 1 is 1.10 bits per heavy atom. The second-order valence-electron chi connectivity index (χ2n) is 8.01. The van der Waals surface area contributed by atoms with Gasteiger partial charge in [-0.25, -0.2) is 0 Å². The molecule has 1 amide bonds. The summed E-state index contributed by atoms with van der Waals surface area (Å²) in [7, 11) is 1.80. The number of rotatable bonds is 6. The van der Waals surface area contributed by atoms with Gasteiger partial charge in [0.05, 0.1) is 0 Å². The molecule has 0 aromatic heterocycles. The zero-order chi connectivity index (χ0) is 19.4. The van der Waals surface area contributed by atoms with Gasteiger partial charge in [0.1, 0.15) is 0 Å². The van der Waals surface area contributed by atoms with Gasteiger partial charge in [0, 0.05) is 38.2 Å². The van der Waals surface area contributed by atoms with E-state index in [1.165, 1.54) is 24.0 Å². The lowest BCUT2D eigenvalue weighted by Gasteiger charge is -2.26. The number of benzene rings is 2. The van der Waals surface area contributed by atoms with Gasteiger partial charge in [-0.15, -0.1) is 24.0 Å². The largest absolute Gasteiger partial charge is 0.356 e. The molecule has 154 valence electrons. The summed E-state index contributed by atoms with van der Waals surface area (Å²) in [5.41, 5.74) is 3.85. The van der Waals surface area contributed by atoms with Crippen LogP contribution in [0.5, 0.6) is 0 Å². The number of nitrogens with one attached hydrogen (secondary N) is 3. The maximum absolute atomic E-state index is 12.0. The quantitative estimate of drug-likeness (QED) is 0.318. The maximum atomic E-state index is 12.0. The summed E-state index contributed by atoms with van der Waals surface area (Å²) in [4.78, 5) is 16.4. The standard InChI is InChI=1S/C23H28N4O.HI/c1-24-22(26-16-23(11-12-23)14-17-7-3-2-4-8-17)25-15-18-13-21(28)27-20-10-6-5-9-19(18)20;/h2-10,18H,11-16H2,1H3,(H,27,28)(H2,24,25,26);1H. The van der Waals surface area contributed by atoms with Crippen molar-refractivity contribution in [2.45, 2.75) is 31.6 Å². The van der Waals surface area contributed by atoms with Crippen LogP contribution in [-0.4, -0.2) is 32.0 Å². The average molecular weight is 504 g/mol. The molecule has 1 saturated carbocycles. The number of hydrogen-bond acceptors (Lipinski definition) is 2. The molecule has 1 aliphatic carbocycles. The summed E-state index contributed by atoms with van der Waals surface area (Å²) in [6.45, 7) is 1.61. The van der Waals surface area contributed by atoms with Gasteiger partial charge in [0.2, 0.25) is 5.91 Å². The van der Waals surface area contributed by atoms with Gasteiger partial charge in [-0.05, 0) is 41.9 Å². The van der Waals surface area contributed by atoms with Crippen LogP contribution < -0.4 is 16.0 Å². The third-order valence-corrected chi connectivity index (χ3v) is 5.86. The molecule has 29 heavy (non-hydrogen) atoms. The molecule has 0 saturated heterocycles. The van der Waals surface area contributed by atoms with Gasteiger partial charge in [0.25, 0.3) is 0 Å². The van der Waals surface area contributed by atoms with E-state index in [9.17, 15) is 4.79 Å². The summed E-state index contributed by atoms with van der Waals surface area (Å²) in [6, 6.07) is 18.7. The predicted octanol–water partition coefficient (Wildman–Crippen LogP) is 3.92. The molecular weight excluding hydrogens is 475 g/mol. The lowest BCUT2D eigenvalue weighted by atomic mass is 9.90. The lowest BCUT2D eigenvalue weighted by Crippen LogP contribution is -2.43. The molecule has 1 fully saturated rings. The minimum atomic E-state index is 0. The molecule has 0 radical (unpaired) electrons. The molecule has 1 atom stereocenters. The van der Waals surface area contributed by atoms with Gasteiger partial charge in [-0.1, -0.05) is 48.5 Å². The van der Waals surface area contributed by atoms with E-state index in [4.69, 9.17) is 0 Å². The third kappa shape index (κ3) is 5.50. The first kappa shape index (κ1) is 21.6. The van der Waals surface area contributed by atoms with E-state index in [-0.39, 0.29) is 35.8 Å². The fraction of sp³-hybridized carbons (Fsp3) is 0.391. The molecule has 2 aromatic carbocycles. The molecule has 1 aliphatic heterocycles. The van der Waals surface area contributed by atoms with Crippen molar-refractivity contribution in [1.29, 1.82) is 0 Å². The number of nitrogens with zero attached hydrogens (tertiary/aromatic N) is 1. The lowest BCUT2D eigenvalue weighted by molar-refractivity contribution is -0.116. The maximum Gasteiger partial charge on any atom is 0.225 e. The summed E-state index contributed by atoms with van der Waals surface area (Å²) >= 11 is 0. The van der Waals surface area contributed by atoms with Crippen molar-refractivity contribution in [3.05, 3.63) is 65.7 Å². The van der Waals surface area contributed by atoms with Crippen LogP contribution in [-0.2, 0) is 11.2 Å². The zero-order valence-electron chi connectivity index (χ0n) is 16.8. The Morgan fingerprint density at radius 2 is 1.83 bits per heavy atom. The monoisotopic (exact) mass is 504 g/mol. The Balaban J connectivity index is 0.00000240. The molecule has 0 bridgehead atoms. The Morgan fingerprint density at radius 3 is 2.55 bits per heavy atom. The van der Waals surface area contributed by atoms with Crippen LogP contribution in [0, 0.1) is 5.41 Å². The molecule has 1 unspecified atom stereocenters. The summed E-state index contributed by atoms with van der Waals surface area (Å²) in [6.07, 6.45) is 4.11. The number of fused-ring (bicyclic) bond motifs is 1. The van der Waals surface area contributed by atoms with Gasteiger partial charge < -0.3 is 16.0 Å². The minimum Gasteiger partial charge on any atom is -0.356 e. The van der Waals surface area contributed by atoms with Gasteiger partial charge in [0.15, 0.2) is 5.96 Å². The van der Waals surface area contributed by atoms with Crippen LogP contribution in [0.25, 0.3) is 0 Å². The van der Waals surface area contributed by atoms with Gasteiger partial charge in [-0.2, -0.15) is 0 Å². The second kappa shape index (κ2) is 9.61. The van der Waals surface area contributed by atoms with Crippen LogP contribution in [0.2, 0.25) is 0 Å². The highest BCUT2D eigenvalue weighted by atomic mass is 127. The van der Waals surface area contributed by atoms with Crippen molar-refractivity contribution in [2.75, 3.05) is 25.5 Å². The number of anilines is 1. The van der Waals surface area contributed by atoms with E-state index in [0.29, 0.717) is 18.4 Å². The Bertz CT molecular complexity index is 864. The fourth-order valence-electron chi connectivity index (χ4n) is 4.02. The van der Waals surface area contributed by atoms with Crippen LogP contribution in [0.15, 0.2) is 59.6 Å². The third-order valence-electron chi connectivity index (χ3n) is 5.86. The van der Waals surface area contributed by atoms with Crippen LogP contribution >= 0.6 is 24.0 Å². The first-order valence-corrected chi connectivity index (χ1v) is 10.0. The van der Waals surface area contributed by atoms with Gasteiger partial charge >= 0.3 is 0 Å². The highest BCUT2D eigenvalue weighted by Gasteiger charge is 2.42. The van der Waals surface area contributed by atoms with Crippen molar-refractivity contribution in [1.82, 2.24) is 10.6 Å². The fourth-order valence-corrected chi connectivity index (χ4v) is 4.02. The molecule has 6 heteroatoms. The number of hydrogen-bond donors (Lipinski definition) is 3. The first-order valence-electron chi connectivity index (χ1n) is 10.0. The number of amides is 1. The second-order valence-corrected chi connectivity index (χ2v) is 8.01. The molecule has 1 heterocycles.